The van der Waals surface area contributed by atoms with E-state index in [1.807, 2.05) is 40.0 Å². The van der Waals surface area contributed by atoms with Crippen LogP contribution in [0.25, 0.3) is 0 Å². The Morgan fingerprint density at radius 1 is 1.33 bits per heavy atom. The van der Waals surface area contributed by atoms with Gasteiger partial charge in [-0.2, -0.15) is 0 Å². The second kappa shape index (κ2) is 3.57. The van der Waals surface area contributed by atoms with Crippen molar-refractivity contribution in [2.45, 2.75) is 33.8 Å². The monoisotopic (exact) mass is 165 g/mol. The van der Waals surface area contributed by atoms with Crippen molar-refractivity contribution in [2.24, 2.45) is 0 Å². The predicted molar refractivity (Wildman–Crippen MR) is 49.5 cm³/mol. The summed E-state index contributed by atoms with van der Waals surface area (Å²) in [5.41, 5.74) is 2.09. The topological polar surface area (TPSA) is 22.1 Å². The van der Waals surface area contributed by atoms with Gasteiger partial charge in [0, 0.05) is 23.5 Å². The van der Waals surface area contributed by atoms with Crippen LogP contribution in [0, 0.1) is 13.8 Å². The van der Waals surface area contributed by atoms with Gasteiger partial charge in [-0.3, -0.25) is 4.98 Å². The van der Waals surface area contributed by atoms with Gasteiger partial charge in [-0.05, 0) is 27.7 Å². The summed E-state index contributed by atoms with van der Waals surface area (Å²) in [5, 5.41) is 0. The molecular weight excluding hydrogens is 150 g/mol. The molecule has 0 N–H and O–H groups in total. The van der Waals surface area contributed by atoms with Crippen LogP contribution in [-0.2, 0) is 0 Å². The van der Waals surface area contributed by atoms with E-state index >= 15 is 0 Å². The molecule has 2 nitrogen and oxygen atoms in total. The Morgan fingerprint density at radius 3 is 2.58 bits per heavy atom. The fourth-order valence-corrected chi connectivity index (χ4v) is 0.984. The molecule has 0 spiro atoms. The molecule has 0 bridgehead atoms. The molecule has 1 rings (SSSR count). The minimum atomic E-state index is 0.227. The molecule has 0 saturated heterocycles. The fourth-order valence-electron chi connectivity index (χ4n) is 0.984. The second-order valence-corrected chi connectivity index (χ2v) is 3.26. The fraction of sp³-hybridized carbons (Fsp3) is 0.500. The van der Waals surface area contributed by atoms with Crippen LogP contribution in [0.4, 0.5) is 0 Å². The summed E-state index contributed by atoms with van der Waals surface area (Å²) in [6, 6.07) is 1.97. The minimum absolute atomic E-state index is 0.227. The summed E-state index contributed by atoms with van der Waals surface area (Å²) in [6.45, 7) is 8.02. The zero-order valence-electron chi connectivity index (χ0n) is 8.09. The van der Waals surface area contributed by atoms with Crippen molar-refractivity contribution in [3.8, 4) is 5.75 Å². The van der Waals surface area contributed by atoms with Crippen LogP contribution in [0.1, 0.15) is 25.1 Å². The maximum atomic E-state index is 5.59. The maximum absolute atomic E-state index is 5.59. The largest absolute Gasteiger partial charge is 0.491 e. The van der Waals surface area contributed by atoms with Crippen molar-refractivity contribution < 1.29 is 4.74 Å². The third-order valence-electron chi connectivity index (χ3n) is 1.55. The van der Waals surface area contributed by atoms with Gasteiger partial charge in [0.05, 0.1) is 6.10 Å². The molecule has 1 aromatic rings. The summed E-state index contributed by atoms with van der Waals surface area (Å²) in [7, 11) is 0. The summed E-state index contributed by atoms with van der Waals surface area (Å²) in [4.78, 5) is 4.17. The SMILES string of the molecule is Cc1cc(OC(C)C)c(C)cn1. The van der Waals surface area contributed by atoms with E-state index in [2.05, 4.69) is 4.98 Å². The van der Waals surface area contributed by atoms with Crippen LogP contribution < -0.4 is 4.74 Å². The van der Waals surface area contributed by atoms with Gasteiger partial charge in [-0.15, -0.1) is 0 Å². The number of hydrogen-bond acceptors (Lipinski definition) is 2. The molecule has 0 aliphatic heterocycles. The van der Waals surface area contributed by atoms with E-state index in [-0.39, 0.29) is 6.10 Å². The van der Waals surface area contributed by atoms with E-state index in [4.69, 9.17) is 4.74 Å². The van der Waals surface area contributed by atoms with Crippen LogP contribution in [0.2, 0.25) is 0 Å². The van der Waals surface area contributed by atoms with Crippen molar-refractivity contribution in [3.63, 3.8) is 0 Å². The van der Waals surface area contributed by atoms with Crippen molar-refractivity contribution >= 4 is 0 Å². The Bertz CT molecular complexity index is 269. The lowest BCUT2D eigenvalue weighted by Gasteiger charge is -2.11. The Kier molecular flexibility index (Phi) is 2.69. The third-order valence-corrected chi connectivity index (χ3v) is 1.55. The highest BCUT2D eigenvalue weighted by atomic mass is 16.5. The van der Waals surface area contributed by atoms with E-state index < -0.39 is 0 Å². The average molecular weight is 165 g/mol. The van der Waals surface area contributed by atoms with Crippen molar-refractivity contribution in [1.82, 2.24) is 4.98 Å². The van der Waals surface area contributed by atoms with Crippen LogP contribution in [-0.4, -0.2) is 11.1 Å². The lowest BCUT2D eigenvalue weighted by atomic mass is 10.2. The zero-order chi connectivity index (χ0) is 9.14. The molecule has 2 heteroatoms. The van der Waals surface area contributed by atoms with Gasteiger partial charge in [0.15, 0.2) is 0 Å². The molecule has 0 amide bonds. The van der Waals surface area contributed by atoms with Gasteiger partial charge < -0.3 is 4.74 Å². The van der Waals surface area contributed by atoms with Crippen LogP contribution in [0.5, 0.6) is 5.75 Å². The summed E-state index contributed by atoms with van der Waals surface area (Å²) < 4.78 is 5.59. The van der Waals surface area contributed by atoms with Gasteiger partial charge in [-0.1, -0.05) is 0 Å². The number of rotatable bonds is 2. The van der Waals surface area contributed by atoms with Gasteiger partial charge >= 0.3 is 0 Å². The van der Waals surface area contributed by atoms with Gasteiger partial charge in [-0.25, -0.2) is 0 Å². The molecule has 0 atom stereocenters. The number of hydrogen-bond donors (Lipinski definition) is 0. The highest BCUT2D eigenvalue weighted by Crippen LogP contribution is 2.18. The van der Waals surface area contributed by atoms with Gasteiger partial charge in [0.25, 0.3) is 0 Å². The third kappa shape index (κ3) is 2.22. The number of pyridine rings is 1. The molecule has 1 heterocycles. The average Bonchev–Trinajstić information content (AvgIpc) is 1.96. The first-order chi connectivity index (χ1) is 5.59. The van der Waals surface area contributed by atoms with Crippen molar-refractivity contribution in [1.29, 1.82) is 0 Å². The summed E-state index contributed by atoms with van der Waals surface area (Å²) >= 11 is 0. The first-order valence-electron chi connectivity index (χ1n) is 4.19. The van der Waals surface area contributed by atoms with E-state index in [1.54, 1.807) is 0 Å². The number of nitrogens with zero attached hydrogens (tertiary/aromatic N) is 1. The normalized spacial score (nSPS) is 10.4. The smallest absolute Gasteiger partial charge is 0.125 e. The summed E-state index contributed by atoms with van der Waals surface area (Å²) in [5.74, 6) is 0.942. The molecule has 0 aromatic carbocycles. The molecule has 0 radical (unpaired) electrons. The van der Waals surface area contributed by atoms with Crippen LogP contribution in [0.3, 0.4) is 0 Å². The molecule has 66 valence electrons. The van der Waals surface area contributed by atoms with Gasteiger partial charge in [0.2, 0.25) is 0 Å². The second-order valence-electron chi connectivity index (χ2n) is 3.26. The Labute approximate surface area is 73.6 Å². The standard InChI is InChI=1S/C10H15NO/c1-7(2)12-10-5-9(4)11-6-8(10)3/h5-7H,1-4H3. The van der Waals surface area contributed by atoms with Crippen molar-refractivity contribution in [3.05, 3.63) is 23.5 Å². The van der Waals surface area contributed by atoms with E-state index in [1.165, 1.54) is 0 Å². The Balaban J connectivity index is 2.90. The number of ether oxygens (including phenoxy) is 1. The van der Waals surface area contributed by atoms with Crippen LogP contribution in [0.15, 0.2) is 12.3 Å². The molecule has 1 aromatic heterocycles. The van der Waals surface area contributed by atoms with E-state index in [9.17, 15) is 0 Å². The Morgan fingerprint density at radius 2 is 2.00 bits per heavy atom. The lowest BCUT2D eigenvalue weighted by Crippen LogP contribution is -2.07. The molecule has 12 heavy (non-hydrogen) atoms. The first-order valence-corrected chi connectivity index (χ1v) is 4.19. The van der Waals surface area contributed by atoms with Crippen LogP contribution >= 0.6 is 0 Å². The van der Waals surface area contributed by atoms with Crippen molar-refractivity contribution in [2.75, 3.05) is 0 Å². The minimum Gasteiger partial charge on any atom is -0.491 e. The van der Waals surface area contributed by atoms with E-state index in [0.717, 1.165) is 17.0 Å². The zero-order valence-corrected chi connectivity index (χ0v) is 8.09. The molecule has 0 unspecified atom stereocenters. The summed E-state index contributed by atoms with van der Waals surface area (Å²) in [6.07, 6.45) is 2.07. The molecule has 0 saturated carbocycles. The highest BCUT2D eigenvalue weighted by Gasteiger charge is 2.01. The van der Waals surface area contributed by atoms with E-state index in [0.29, 0.717) is 0 Å². The predicted octanol–water partition coefficient (Wildman–Crippen LogP) is 2.49. The number of aromatic nitrogens is 1. The maximum Gasteiger partial charge on any atom is 0.125 e. The first kappa shape index (κ1) is 9.04. The highest BCUT2D eigenvalue weighted by molar-refractivity contribution is 5.31. The molecule has 0 aliphatic carbocycles. The molecule has 0 aliphatic rings. The quantitative estimate of drug-likeness (QED) is 0.671. The Hall–Kier alpha value is -1.05. The molecule has 0 fully saturated rings. The molecular formula is C10H15NO. The van der Waals surface area contributed by atoms with Gasteiger partial charge in [0.1, 0.15) is 5.75 Å². The lowest BCUT2D eigenvalue weighted by molar-refractivity contribution is 0.240. The number of aryl methyl sites for hydroxylation is 2.